The zero-order chi connectivity index (χ0) is 16.8. The van der Waals surface area contributed by atoms with Gasteiger partial charge in [-0.1, -0.05) is 59.3 Å². The first kappa shape index (κ1) is 19.5. The molecule has 0 unspecified atom stereocenters. The van der Waals surface area contributed by atoms with Gasteiger partial charge in [-0.2, -0.15) is 0 Å². The van der Waals surface area contributed by atoms with Crippen LogP contribution in [0, 0.1) is 0 Å². The van der Waals surface area contributed by atoms with E-state index in [0.29, 0.717) is 6.16 Å². The van der Waals surface area contributed by atoms with Gasteiger partial charge in [-0.3, -0.25) is 4.57 Å². The Morgan fingerprint density at radius 1 is 0.739 bits per heavy atom. The Hall–Kier alpha value is 0.150. The summed E-state index contributed by atoms with van der Waals surface area (Å²) in [6.45, 7) is 6.44. The average Bonchev–Trinajstić information content (AvgIpc) is 2.56. The molecule has 2 saturated carbocycles. The van der Waals surface area contributed by atoms with Gasteiger partial charge in [0.2, 0.25) is 0 Å². The normalized spacial score (nSPS) is 24.5. The van der Waals surface area contributed by atoms with Gasteiger partial charge in [0, 0.05) is 6.16 Å². The van der Waals surface area contributed by atoms with E-state index in [0.717, 1.165) is 44.9 Å². The number of rotatable bonds is 8. The Kier molecular flexibility index (Phi) is 7.19. The fraction of sp³-hybridized carbons (Fsp3) is 1.00. The molecule has 2 aliphatic carbocycles. The summed E-state index contributed by atoms with van der Waals surface area (Å²) < 4.78 is 26.5. The maximum absolute atomic E-state index is 13.6. The van der Waals surface area contributed by atoms with E-state index in [1.165, 1.54) is 38.5 Å². The highest BCUT2D eigenvalue weighted by Crippen LogP contribution is 2.60. The lowest BCUT2D eigenvalue weighted by Gasteiger charge is -2.43. The van der Waals surface area contributed by atoms with Gasteiger partial charge in [-0.25, -0.2) is 0 Å². The molecule has 0 bridgehead atoms. The van der Waals surface area contributed by atoms with Crippen molar-refractivity contribution >= 4 is 7.60 Å². The fourth-order valence-electron chi connectivity index (χ4n) is 4.38. The summed E-state index contributed by atoms with van der Waals surface area (Å²) in [6.07, 6.45) is 14.8. The van der Waals surface area contributed by atoms with Crippen molar-refractivity contribution in [1.29, 1.82) is 0 Å². The van der Waals surface area contributed by atoms with Gasteiger partial charge < -0.3 is 9.05 Å². The number of hydrogen-bond acceptors (Lipinski definition) is 3. The molecule has 2 fully saturated rings. The average molecular weight is 344 g/mol. The van der Waals surface area contributed by atoms with Crippen molar-refractivity contribution in [3.05, 3.63) is 0 Å². The first-order chi connectivity index (χ1) is 11.0. The Balaban J connectivity index is 2.15. The predicted octanol–water partition coefficient (Wildman–Crippen LogP) is 6.85. The van der Waals surface area contributed by atoms with Crippen molar-refractivity contribution in [3.8, 4) is 0 Å². The van der Waals surface area contributed by atoms with Crippen molar-refractivity contribution in [1.82, 2.24) is 0 Å². The van der Waals surface area contributed by atoms with E-state index < -0.39 is 7.60 Å². The van der Waals surface area contributed by atoms with Gasteiger partial charge >= 0.3 is 7.60 Å². The van der Waals surface area contributed by atoms with E-state index in [2.05, 4.69) is 20.8 Å². The molecule has 23 heavy (non-hydrogen) atoms. The zero-order valence-corrected chi connectivity index (χ0v) is 16.5. The van der Waals surface area contributed by atoms with Crippen LogP contribution in [0.25, 0.3) is 0 Å². The van der Waals surface area contributed by atoms with Gasteiger partial charge in [0.25, 0.3) is 0 Å². The lowest BCUT2D eigenvalue weighted by atomic mass is 9.83. The van der Waals surface area contributed by atoms with Crippen LogP contribution in [0.15, 0.2) is 0 Å². The van der Waals surface area contributed by atoms with Gasteiger partial charge in [0.05, 0.1) is 11.2 Å². The van der Waals surface area contributed by atoms with Crippen LogP contribution < -0.4 is 0 Å². The summed E-state index contributed by atoms with van der Waals surface area (Å²) in [5.41, 5.74) is -0.404. The van der Waals surface area contributed by atoms with Crippen LogP contribution >= 0.6 is 7.60 Å². The fourth-order valence-corrected chi connectivity index (χ4v) is 6.96. The van der Waals surface area contributed by atoms with Crippen molar-refractivity contribution in [2.45, 2.75) is 115 Å². The molecule has 4 heteroatoms. The second kappa shape index (κ2) is 8.50. The molecule has 0 aromatic carbocycles. The quantitative estimate of drug-likeness (QED) is 0.452. The third kappa shape index (κ3) is 5.06. The highest BCUT2D eigenvalue weighted by molar-refractivity contribution is 7.53. The van der Waals surface area contributed by atoms with Crippen molar-refractivity contribution < 1.29 is 13.6 Å². The summed E-state index contributed by atoms with van der Waals surface area (Å²) in [5.74, 6) is 0. The highest BCUT2D eigenvalue weighted by Gasteiger charge is 2.44. The summed E-state index contributed by atoms with van der Waals surface area (Å²) in [7, 11) is -3.02. The summed E-state index contributed by atoms with van der Waals surface area (Å²) >= 11 is 0. The molecule has 0 aromatic rings. The van der Waals surface area contributed by atoms with Gasteiger partial charge in [0.15, 0.2) is 0 Å². The Morgan fingerprint density at radius 2 is 1.13 bits per heavy atom. The molecule has 0 N–H and O–H groups in total. The van der Waals surface area contributed by atoms with Crippen LogP contribution in [-0.2, 0) is 13.6 Å². The molecule has 136 valence electrons. The second-order valence-corrected chi connectivity index (χ2v) is 9.75. The predicted molar refractivity (Wildman–Crippen MR) is 97.1 cm³/mol. The van der Waals surface area contributed by atoms with Gasteiger partial charge in [-0.05, 0) is 44.9 Å². The maximum Gasteiger partial charge on any atom is 0.331 e. The molecular weight excluding hydrogens is 307 g/mol. The third-order valence-electron chi connectivity index (χ3n) is 5.98. The molecule has 0 aromatic heterocycles. The lowest BCUT2D eigenvalue weighted by molar-refractivity contribution is -0.0342. The molecule has 3 nitrogen and oxygen atoms in total. The molecule has 0 heterocycles. The monoisotopic (exact) mass is 344 g/mol. The Bertz CT molecular complexity index is 363. The molecule has 0 radical (unpaired) electrons. The molecule has 0 atom stereocenters. The zero-order valence-electron chi connectivity index (χ0n) is 15.6. The smallest absolute Gasteiger partial charge is 0.302 e. The highest BCUT2D eigenvalue weighted by atomic mass is 31.2. The molecule has 0 saturated heterocycles. The minimum absolute atomic E-state index is 0.202. The minimum Gasteiger partial charge on any atom is -0.302 e. The van der Waals surface area contributed by atoms with E-state index in [-0.39, 0.29) is 11.2 Å². The van der Waals surface area contributed by atoms with E-state index in [1.807, 2.05) is 0 Å². The molecule has 0 aliphatic heterocycles. The molecular formula is C19H37O3P. The largest absolute Gasteiger partial charge is 0.331 e. The molecule has 2 rings (SSSR count). The number of hydrogen-bond donors (Lipinski definition) is 0. The second-order valence-electron chi connectivity index (χ2n) is 7.71. The first-order valence-corrected chi connectivity index (χ1v) is 11.7. The van der Waals surface area contributed by atoms with E-state index in [4.69, 9.17) is 9.05 Å². The van der Waals surface area contributed by atoms with Crippen molar-refractivity contribution in [2.75, 3.05) is 6.16 Å². The van der Waals surface area contributed by atoms with Crippen LogP contribution in [0.1, 0.15) is 104 Å². The molecule has 2 aliphatic rings. The SMILES string of the molecule is CCCP(=O)(OC1(CC)CCCCC1)OC1(CC)CCCCC1. The molecule has 0 amide bonds. The van der Waals surface area contributed by atoms with Crippen LogP contribution in [0.3, 0.4) is 0 Å². The van der Waals surface area contributed by atoms with Crippen molar-refractivity contribution in [3.63, 3.8) is 0 Å². The van der Waals surface area contributed by atoms with Crippen LogP contribution in [0.5, 0.6) is 0 Å². The lowest BCUT2D eigenvalue weighted by Crippen LogP contribution is -2.38. The standard InChI is InChI=1S/C19H37O3P/c1-4-17-23(20,21-18(5-2)13-9-7-10-14-18)22-19(6-3)15-11-8-12-16-19/h4-17H2,1-3H3. The minimum atomic E-state index is -3.02. The van der Waals surface area contributed by atoms with Gasteiger partial charge in [-0.15, -0.1) is 0 Å². The van der Waals surface area contributed by atoms with Crippen molar-refractivity contribution in [2.24, 2.45) is 0 Å². The topological polar surface area (TPSA) is 35.5 Å². The summed E-state index contributed by atoms with van der Waals surface area (Å²) in [4.78, 5) is 0. The van der Waals surface area contributed by atoms with Crippen LogP contribution in [0.2, 0.25) is 0 Å². The summed E-state index contributed by atoms with van der Waals surface area (Å²) in [5, 5.41) is 0. The third-order valence-corrected chi connectivity index (χ3v) is 8.31. The van der Waals surface area contributed by atoms with E-state index >= 15 is 0 Å². The first-order valence-electron chi connectivity index (χ1n) is 10.0. The Labute approximate surface area is 143 Å². The molecule has 0 spiro atoms. The summed E-state index contributed by atoms with van der Waals surface area (Å²) in [6, 6.07) is 0. The van der Waals surface area contributed by atoms with Crippen LogP contribution in [0.4, 0.5) is 0 Å². The van der Waals surface area contributed by atoms with E-state index in [9.17, 15) is 4.57 Å². The Morgan fingerprint density at radius 3 is 1.43 bits per heavy atom. The van der Waals surface area contributed by atoms with E-state index in [1.54, 1.807) is 0 Å². The van der Waals surface area contributed by atoms with Gasteiger partial charge in [0.1, 0.15) is 0 Å². The maximum atomic E-state index is 13.6. The van der Waals surface area contributed by atoms with Crippen LogP contribution in [-0.4, -0.2) is 17.4 Å².